The summed E-state index contributed by atoms with van der Waals surface area (Å²) < 4.78 is 4.60. The van der Waals surface area contributed by atoms with Gasteiger partial charge in [-0.25, -0.2) is 4.98 Å². The van der Waals surface area contributed by atoms with Crippen molar-refractivity contribution in [1.29, 1.82) is 0 Å². The van der Waals surface area contributed by atoms with Crippen molar-refractivity contribution in [2.75, 3.05) is 7.11 Å². The summed E-state index contributed by atoms with van der Waals surface area (Å²) in [5.41, 5.74) is 1.72. The summed E-state index contributed by atoms with van der Waals surface area (Å²) in [6.45, 7) is 1.96. The fourth-order valence-corrected chi connectivity index (χ4v) is 2.44. The smallest absolute Gasteiger partial charge is 0.305 e. The molecular formula is C17H22N2O3. The highest BCUT2D eigenvalue weighted by atomic mass is 16.5. The number of aryl methyl sites for hydroxylation is 2. The molecule has 1 heterocycles. The number of methoxy groups -OCH3 is 1. The number of aromatic nitrogens is 2. The van der Waals surface area contributed by atoms with Crippen molar-refractivity contribution in [3.05, 3.63) is 39.9 Å². The largest absolute Gasteiger partial charge is 0.469 e. The maximum atomic E-state index is 12.0. The molecule has 0 aliphatic carbocycles. The molecule has 0 unspecified atom stereocenters. The van der Waals surface area contributed by atoms with Gasteiger partial charge in [-0.15, -0.1) is 0 Å². The first-order chi connectivity index (χ1) is 10.6. The topological polar surface area (TPSA) is 72.0 Å². The van der Waals surface area contributed by atoms with Crippen LogP contribution in [0.15, 0.2) is 23.0 Å². The van der Waals surface area contributed by atoms with Crippen LogP contribution in [0.2, 0.25) is 0 Å². The lowest BCUT2D eigenvalue weighted by Gasteiger charge is -2.04. The minimum absolute atomic E-state index is 0.0746. The molecule has 2 rings (SSSR count). The Bertz CT molecular complexity index is 707. The van der Waals surface area contributed by atoms with E-state index in [1.165, 1.54) is 7.11 Å². The van der Waals surface area contributed by atoms with Crippen molar-refractivity contribution >= 4 is 16.9 Å². The van der Waals surface area contributed by atoms with Gasteiger partial charge in [-0.1, -0.05) is 24.5 Å². The van der Waals surface area contributed by atoms with Gasteiger partial charge in [-0.2, -0.15) is 0 Å². The van der Waals surface area contributed by atoms with Crippen LogP contribution in [0, 0.1) is 6.92 Å². The Balaban J connectivity index is 1.86. The van der Waals surface area contributed by atoms with Gasteiger partial charge in [-0.3, -0.25) is 9.59 Å². The van der Waals surface area contributed by atoms with Crippen LogP contribution in [0.5, 0.6) is 0 Å². The monoisotopic (exact) mass is 302 g/mol. The SMILES string of the molecule is COC(=O)CCCCCCc1nc2ccc(C)cc2c(=O)[nH]1. The zero-order valence-electron chi connectivity index (χ0n) is 13.1. The molecule has 0 aliphatic heterocycles. The molecule has 0 fully saturated rings. The second-order valence-corrected chi connectivity index (χ2v) is 5.52. The highest BCUT2D eigenvalue weighted by Crippen LogP contribution is 2.11. The van der Waals surface area contributed by atoms with E-state index in [0.717, 1.165) is 49.0 Å². The Kier molecular flexibility index (Phi) is 5.69. The molecule has 1 aromatic heterocycles. The van der Waals surface area contributed by atoms with E-state index in [9.17, 15) is 9.59 Å². The summed E-state index contributed by atoms with van der Waals surface area (Å²) in [5.74, 6) is 0.574. The molecule has 0 saturated heterocycles. The van der Waals surface area contributed by atoms with Crippen molar-refractivity contribution in [3.8, 4) is 0 Å². The molecule has 5 nitrogen and oxygen atoms in total. The number of hydrogen-bond donors (Lipinski definition) is 1. The number of benzene rings is 1. The molecule has 0 saturated carbocycles. The van der Waals surface area contributed by atoms with Gasteiger partial charge in [0.2, 0.25) is 0 Å². The molecule has 5 heteroatoms. The average molecular weight is 302 g/mol. The van der Waals surface area contributed by atoms with Crippen LogP contribution in [0.1, 0.15) is 43.5 Å². The first-order valence-corrected chi connectivity index (χ1v) is 7.66. The second kappa shape index (κ2) is 7.73. The molecule has 0 atom stereocenters. The number of carbonyl (C=O) groups excluding carboxylic acids is 1. The fourth-order valence-electron chi connectivity index (χ4n) is 2.44. The second-order valence-electron chi connectivity index (χ2n) is 5.52. The molecule has 1 N–H and O–H groups in total. The van der Waals surface area contributed by atoms with Crippen LogP contribution < -0.4 is 5.56 Å². The van der Waals surface area contributed by atoms with Crippen LogP contribution in [-0.2, 0) is 16.0 Å². The van der Waals surface area contributed by atoms with Gasteiger partial charge < -0.3 is 9.72 Å². The molecule has 0 aliphatic rings. The summed E-state index contributed by atoms with van der Waals surface area (Å²) in [5, 5.41) is 0.641. The van der Waals surface area contributed by atoms with E-state index in [2.05, 4.69) is 14.7 Å². The van der Waals surface area contributed by atoms with Gasteiger partial charge in [0, 0.05) is 12.8 Å². The molecule has 0 bridgehead atoms. The first kappa shape index (κ1) is 16.2. The van der Waals surface area contributed by atoms with Gasteiger partial charge in [0.05, 0.1) is 18.0 Å². The molecule has 0 spiro atoms. The lowest BCUT2D eigenvalue weighted by Crippen LogP contribution is -2.12. The number of hydrogen-bond acceptors (Lipinski definition) is 4. The third kappa shape index (κ3) is 4.41. The zero-order valence-corrected chi connectivity index (χ0v) is 13.1. The number of H-pyrrole nitrogens is 1. The highest BCUT2D eigenvalue weighted by molar-refractivity contribution is 5.78. The molecule has 22 heavy (non-hydrogen) atoms. The summed E-state index contributed by atoms with van der Waals surface area (Å²) >= 11 is 0. The lowest BCUT2D eigenvalue weighted by molar-refractivity contribution is -0.140. The minimum atomic E-state index is -0.157. The third-order valence-corrected chi connectivity index (χ3v) is 3.68. The van der Waals surface area contributed by atoms with E-state index in [0.29, 0.717) is 11.8 Å². The number of rotatable bonds is 7. The Hall–Kier alpha value is -2.17. The first-order valence-electron chi connectivity index (χ1n) is 7.66. The standard InChI is InChI=1S/C17H22N2O3/c1-12-9-10-14-13(11-12)17(21)19-15(18-14)7-5-3-4-6-8-16(20)22-2/h9-11H,3-8H2,1-2H3,(H,18,19,21). The number of ether oxygens (including phenoxy) is 1. The van der Waals surface area contributed by atoms with E-state index < -0.39 is 0 Å². The van der Waals surface area contributed by atoms with Gasteiger partial charge in [0.15, 0.2) is 0 Å². The molecular weight excluding hydrogens is 280 g/mol. The number of nitrogens with one attached hydrogen (secondary N) is 1. The van der Waals surface area contributed by atoms with Crippen LogP contribution in [0.4, 0.5) is 0 Å². The highest BCUT2D eigenvalue weighted by Gasteiger charge is 2.04. The molecule has 118 valence electrons. The third-order valence-electron chi connectivity index (χ3n) is 3.68. The number of unbranched alkanes of at least 4 members (excludes halogenated alkanes) is 3. The van der Waals surface area contributed by atoms with Gasteiger partial charge in [-0.05, 0) is 31.9 Å². The summed E-state index contributed by atoms with van der Waals surface area (Å²) in [7, 11) is 1.41. The van der Waals surface area contributed by atoms with Crippen molar-refractivity contribution in [2.45, 2.75) is 45.4 Å². The van der Waals surface area contributed by atoms with Crippen molar-refractivity contribution in [2.24, 2.45) is 0 Å². The average Bonchev–Trinajstić information content (AvgIpc) is 2.51. The lowest BCUT2D eigenvalue weighted by atomic mass is 10.1. The maximum absolute atomic E-state index is 12.0. The summed E-state index contributed by atoms with van der Waals surface area (Å²) in [4.78, 5) is 30.4. The Morgan fingerprint density at radius 1 is 1.23 bits per heavy atom. The normalized spacial score (nSPS) is 10.8. The fraction of sp³-hybridized carbons (Fsp3) is 0.471. The van der Waals surface area contributed by atoms with E-state index in [1.807, 2.05) is 25.1 Å². The van der Waals surface area contributed by atoms with E-state index in [-0.39, 0.29) is 11.5 Å². The van der Waals surface area contributed by atoms with Crippen LogP contribution >= 0.6 is 0 Å². The summed E-state index contributed by atoms with van der Waals surface area (Å²) in [6.07, 6.45) is 4.99. The Morgan fingerprint density at radius 2 is 2.00 bits per heavy atom. The van der Waals surface area contributed by atoms with Crippen molar-refractivity contribution in [3.63, 3.8) is 0 Å². The van der Waals surface area contributed by atoms with E-state index >= 15 is 0 Å². The van der Waals surface area contributed by atoms with Gasteiger partial charge in [0.1, 0.15) is 5.82 Å². The molecule has 0 radical (unpaired) electrons. The van der Waals surface area contributed by atoms with E-state index in [4.69, 9.17) is 0 Å². The van der Waals surface area contributed by atoms with E-state index in [1.54, 1.807) is 0 Å². The van der Waals surface area contributed by atoms with Gasteiger partial charge in [0.25, 0.3) is 5.56 Å². The Labute approximate surface area is 129 Å². The van der Waals surface area contributed by atoms with Crippen LogP contribution in [-0.4, -0.2) is 23.0 Å². The minimum Gasteiger partial charge on any atom is -0.469 e. The zero-order chi connectivity index (χ0) is 15.9. The van der Waals surface area contributed by atoms with Crippen molar-refractivity contribution in [1.82, 2.24) is 9.97 Å². The van der Waals surface area contributed by atoms with Crippen LogP contribution in [0.25, 0.3) is 10.9 Å². The maximum Gasteiger partial charge on any atom is 0.305 e. The summed E-state index contributed by atoms with van der Waals surface area (Å²) in [6, 6.07) is 5.71. The number of fused-ring (bicyclic) bond motifs is 1. The quantitative estimate of drug-likeness (QED) is 0.630. The number of esters is 1. The van der Waals surface area contributed by atoms with Gasteiger partial charge >= 0.3 is 5.97 Å². The number of carbonyl (C=O) groups is 1. The molecule has 1 aromatic carbocycles. The predicted octanol–water partition coefficient (Wildman–Crippen LogP) is 2.90. The molecule has 2 aromatic rings. The number of aromatic amines is 1. The van der Waals surface area contributed by atoms with Crippen molar-refractivity contribution < 1.29 is 9.53 Å². The number of nitrogens with zero attached hydrogens (tertiary/aromatic N) is 1. The Morgan fingerprint density at radius 3 is 2.77 bits per heavy atom. The van der Waals surface area contributed by atoms with Crippen LogP contribution in [0.3, 0.4) is 0 Å². The predicted molar refractivity (Wildman–Crippen MR) is 85.9 cm³/mol. The molecule has 0 amide bonds.